The first kappa shape index (κ1) is 27.9. The van der Waals surface area contributed by atoms with Gasteiger partial charge in [0.1, 0.15) is 5.75 Å². The second kappa shape index (κ2) is 13.6. The van der Waals surface area contributed by atoms with Crippen LogP contribution in [0.25, 0.3) is 12.2 Å². The van der Waals surface area contributed by atoms with E-state index in [0.29, 0.717) is 0 Å². The Morgan fingerprint density at radius 1 is 0.889 bits per heavy atom. The van der Waals surface area contributed by atoms with E-state index in [1.165, 1.54) is 47.9 Å². The van der Waals surface area contributed by atoms with Crippen LogP contribution in [0.5, 0.6) is 5.75 Å². The molecule has 2 aromatic carbocycles. The first-order valence-corrected chi connectivity index (χ1v) is 15.3. The number of carbonyl (C=O) groups excluding carboxylic acids is 1. The molecule has 0 N–H and O–H groups in total. The molecule has 1 heterocycles. The summed E-state index contributed by atoms with van der Waals surface area (Å²) in [5, 5.41) is 1.29. The van der Waals surface area contributed by atoms with E-state index in [2.05, 4.69) is 100 Å². The SMILES string of the molecule is CCCCN(CCCC)c1ccc(/C=C/c2ccc(C=O)s2)c(O[Si](c2ccccc2)C(C)(C)C)c1. The molecule has 36 heavy (non-hydrogen) atoms. The molecule has 0 atom stereocenters. The van der Waals surface area contributed by atoms with Crippen LogP contribution in [0.3, 0.4) is 0 Å². The van der Waals surface area contributed by atoms with Crippen molar-refractivity contribution in [2.24, 2.45) is 0 Å². The summed E-state index contributed by atoms with van der Waals surface area (Å²) in [6.07, 6.45) is 9.83. The van der Waals surface area contributed by atoms with Crippen LogP contribution in [0.4, 0.5) is 5.69 Å². The smallest absolute Gasteiger partial charge is 0.322 e. The number of rotatable bonds is 13. The van der Waals surface area contributed by atoms with Crippen molar-refractivity contribution >= 4 is 49.7 Å². The van der Waals surface area contributed by atoms with E-state index >= 15 is 0 Å². The normalized spacial score (nSPS) is 11.8. The highest BCUT2D eigenvalue weighted by Gasteiger charge is 2.33. The zero-order chi connectivity index (χ0) is 26.0. The zero-order valence-corrected chi connectivity index (χ0v) is 24.2. The van der Waals surface area contributed by atoms with Crippen LogP contribution in [0, 0.1) is 0 Å². The van der Waals surface area contributed by atoms with Gasteiger partial charge in [-0.15, -0.1) is 11.3 Å². The van der Waals surface area contributed by atoms with E-state index in [9.17, 15) is 4.79 Å². The van der Waals surface area contributed by atoms with Gasteiger partial charge in [-0.2, -0.15) is 0 Å². The summed E-state index contributed by atoms with van der Waals surface area (Å²) in [6.45, 7) is 13.4. The van der Waals surface area contributed by atoms with Gasteiger partial charge >= 0.3 is 9.04 Å². The van der Waals surface area contributed by atoms with Crippen LogP contribution < -0.4 is 14.5 Å². The van der Waals surface area contributed by atoms with Crippen molar-refractivity contribution in [2.45, 2.75) is 65.3 Å². The minimum Gasteiger partial charge on any atom is -0.536 e. The fourth-order valence-electron chi connectivity index (χ4n) is 4.05. The summed E-state index contributed by atoms with van der Waals surface area (Å²) in [7, 11) is -1.36. The molecule has 0 unspecified atom stereocenters. The predicted octanol–water partition coefficient (Wildman–Crippen LogP) is 8.22. The Bertz CT molecular complexity index is 1110. The quantitative estimate of drug-likeness (QED) is 0.169. The van der Waals surface area contributed by atoms with Gasteiger partial charge in [-0.3, -0.25) is 4.79 Å². The third-order valence-electron chi connectivity index (χ3n) is 6.05. The average Bonchev–Trinajstić information content (AvgIpc) is 3.34. The molecule has 191 valence electrons. The summed E-state index contributed by atoms with van der Waals surface area (Å²) in [5.41, 5.74) is 2.29. The molecule has 5 heteroatoms. The Kier molecular flexibility index (Phi) is 10.6. The van der Waals surface area contributed by atoms with E-state index in [4.69, 9.17) is 4.43 Å². The van der Waals surface area contributed by atoms with Crippen molar-refractivity contribution in [2.75, 3.05) is 18.0 Å². The average molecular weight is 519 g/mol. The van der Waals surface area contributed by atoms with Gasteiger partial charge in [0, 0.05) is 35.3 Å². The topological polar surface area (TPSA) is 29.5 Å². The predicted molar refractivity (Wildman–Crippen MR) is 159 cm³/mol. The highest BCUT2D eigenvalue weighted by Crippen LogP contribution is 2.34. The van der Waals surface area contributed by atoms with Gasteiger partial charge in [-0.1, -0.05) is 77.8 Å². The van der Waals surface area contributed by atoms with Crippen LogP contribution in [0.15, 0.2) is 60.7 Å². The molecule has 0 aliphatic heterocycles. The number of anilines is 1. The lowest BCUT2D eigenvalue weighted by Crippen LogP contribution is -2.44. The molecule has 1 aromatic heterocycles. The number of benzene rings is 2. The minimum atomic E-state index is -1.36. The molecule has 0 aliphatic rings. The van der Waals surface area contributed by atoms with Crippen LogP contribution in [-0.2, 0) is 0 Å². The summed E-state index contributed by atoms with van der Waals surface area (Å²) in [4.78, 5) is 15.4. The molecule has 0 spiro atoms. The lowest BCUT2D eigenvalue weighted by atomic mass is 10.1. The third kappa shape index (κ3) is 7.94. The highest BCUT2D eigenvalue weighted by atomic mass is 32.1. The van der Waals surface area contributed by atoms with Gasteiger partial charge in [0.25, 0.3) is 0 Å². The minimum absolute atomic E-state index is 0.0136. The number of carbonyl (C=O) groups is 1. The van der Waals surface area contributed by atoms with Gasteiger partial charge in [-0.25, -0.2) is 0 Å². The standard InChI is InChI=1S/C31H40NO2SSi/c1-6-8-21-32(22-9-7-2)26-17-15-25(16-18-27-19-20-28(24-33)35-27)30(23-26)34-36(31(3,4)5)29-13-11-10-12-14-29/h10-20,23-24H,6-9,21-22H2,1-5H3/b18-16+. The van der Waals surface area contributed by atoms with Crippen LogP contribution in [0.1, 0.15) is 80.4 Å². The summed E-state index contributed by atoms with van der Waals surface area (Å²) >= 11 is 1.50. The Hall–Kier alpha value is -2.63. The van der Waals surface area contributed by atoms with Gasteiger partial charge in [0.05, 0.1) is 4.88 Å². The molecule has 1 radical (unpaired) electrons. The van der Waals surface area contributed by atoms with E-state index < -0.39 is 9.04 Å². The maximum Gasteiger partial charge on any atom is 0.322 e. The second-order valence-corrected chi connectivity index (χ2v) is 14.2. The lowest BCUT2D eigenvalue weighted by Gasteiger charge is -2.30. The van der Waals surface area contributed by atoms with E-state index in [0.717, 1.165) is 40.4 Å². The van der Waals surface area contributed by atoms with Gasteiger partial charge in [0.15, 0.2) is 6.29 Å². The number of aldehydes is 1. The molecular formula is C31H40NO2SSi. The number of hydrogen-bond donors (Lipinski definition) is 0. The molecule has 3 rings (SSSR count). The number of unbranched alkanes of at least 4 members (excludes halogenated alkanes) is 2. The second-order valence-electron chi connectivity index (χ2n) is 10.2. The molecule has 0 aliphatic carbocycles. The molecule has 0 saturated carbocycles. The van der Waals surface area contributed by atoms with Crippen molar-refractivity contribution in [1.82, 2.24) is 0 Å². The molecule has 0 saturated heterocycles. The van der Waals surface area contributed by atoms with Crippen molar-refractivity contribution in [3.05, 3.63) is 76.0 Å². The maximum absolute atomic E-state index is 11.1. The first-order chi connectivity index (χ1) is 17.4. The van der Waals surface area contributed by atoms with E-state index in [1.54, 1.807) is 0 Å². The van der Waals surface area contributed by atoms with E-state index in [1.807, 2.05) is 12.1 Å². The number of hydrogen-bond acceptors (Lipinski definition) is 4. The Morgan fingerprint density at radius 2 is 1.56 bits per heavy atom. The van der Waals surface area contributed by atoms with Crippen molar-refractivity contribution < 1.29 is 9.22 Å². The van der Waals surface area contributed by atoms with Crippen molar-refractivity contribution in [3.8, 4) is 5.75 Å². The first-order valence-electron chi connectivity index (χ1n) is 13.1. The van der Waals surface area contributed by atoms with Crippen molar-refractivity contribution in [3.63, 3.8) is 0 Å². The molecule has 0 fully saturated rings. The summed E-state index contributed by atoms with van der Waals surface area (Å²) in [6, 6.07) is 21.2. The zero-order valence-electron chi connectivity index (χ0n) is 22.4. The molecule has 3 nitrogen and oxygen atoms in total. The third-order valence-corrected chi connectivity index (χ3v) is 9.67. The van der Waals surface area contributed by atoms with Gasteiger partial charge in [-0.05, 0) is 59.5 Å². The Balaban J connectivity index is 2.02. The largest absolute Gasteiger partial charge is 0.536 e. The van der Waals surface area contributed by atoms with Crippen molar-refractivity contribution in [1.29, 1.82) is 0 Å². The monoisotopic (exact) mass is 518 g/mol. The molecule has 3 aromatic rings. The summed E-state index contributed by atoms with van der Waals surface area (Å²) < 4.78 is 6.98. The fraction of sp³-hybridized carbons (Fsp3) is 0.387. The molecule has 0 bridgehead atoms. The Morgan fingerprint density at radius 3 is 2.14 bits per heavy atom. The van der Waals surface area contributed by atoms with Gasteiger partial charge < -0.3 is 9.33 Å². The molecular weight excluding hydrogens is 478 g/mol. The lowest BCUT2D eigenvalue weighted by molar-refractivity contribution is 0.112. The number of nitrogens with zero attached hydrogens (tertiary/aromatic N) is 1. The maximum atomic E-state index is 11.1. The van der Waals surface area contributed by atoms with E-state index in [-0.39, 0.29) is 5.04 Å². The van der Waals surface area contributed by atoms with Crippen LogP contribution in [0.2, 0.25) is 5.04 Å². The Labute approximate surface area is 223 Å². The van der Waals surface area contributed by atoms with Gasteiger partial charge in [0.2, 0.25) is 0 Å². The highest BCUT2D eigenvalue weighted by molar-refractivity contribution is 7.14. The number of thiophene rings is 1. The van der Waals surface area contributed by atoms with Crippen LogP contribution >= 0.6 is 11.3 Å². The molecule has 0 amide bonds. The van der Waals surface area contributed by atoms with Crippen LogP contribution in [-0.4, -0.2) is 28.4 Å². The summed E-state index contributed by atoms with van der Waals surface area (Å²) in [5.74, 6) is 0.932. The fourth-order valence-corrected chi connectivity index (χ4v) is 6.96.